The SMILES string of the molecule is CS(C)(C)CCOC(=O)NCCC=O. The van der Waals surface area contributed by atoms with Gasteiger partial charge in [-0.3, -0.25) is 0 Å². The molecule has 84 valence electrons. The maximum atomic E-state index is 11.0. The molecule has 0 aromatic rings. The van der Waals surface area contributed by atoms with Crippen LogP contribution < -0.4 is 5.32 Å². The minimum atomic E-state index is -0.606. The first-order valence-electron chi connectivity index (χ1n) is 4.46. The van der Waals surface area contributed by atoms with Gasteiger partial charge in [-0.2, -0.15) is 0 Å². The fourth-order valence-electron chi connectivity index (χ4n) is 0.669. The van der Waals surface area contributed by atoms with Crippen LogP contribution in [0, 0.1) is 0 Å². The van der Waals surface area contributed by atoms with Gasteiger partial charge in [0.05, 0.1) is 0 Å². The van der Waals surface area contributed by atoms with E-state index in [1.807, 2.05) is 0 Å². The van der Waals surface area contributed by atoms with Gasteiger partial charge in [0, 0.05) is 18.7 Å². The first-order chi connectivity index (χ1) is 6.45. The summed E-state index contributed by atoms with van der Waals surface area (Å²) in [5.74, 6) is 0.911. The maximum Gasteiger partial charge on any atom is 0.407 e. The molecule has 4 nitrogen and oxygen atoms in total. The smallest absolute Gasteiger partial charge is 0.407 e. The lowest BCUT2D eigenvalue weighted by molar-refractivity contribution is -0.107. The van der Waals surface area contributed by atoms with Gasteiger partial charge >= 0.3 is 6.09 Å². The number of carbonyl (C=O) groups excluding carboxylic acids is 2. The third-order valence-corrected chi connectivity index (χ3v) is 2.85. The van der Waals surface area contributed by atoms with Gasteiger partial charge in [0.1, 0.15) is 12.9 Å². The number of alkyl carbamates (subject to hydrolysis) is 1. The number of hydrogen-bond donors (Lipinski definition) is 1. The lowest BCUT2D eigenvalue weighted by Crippen LogP contribution is -2.26. The lowest BCUT2D eigenvalue weighted by atomic mass is 10.5. The summed E-state index contributed by atoms with van der Waals surface area (Å²) in [5.41, 5.74) is 0. The second-order valence-corrected chi connectivity index (χ2v) is 8.40. The highest BCUT2D eigenvalue weighted by Gasteiger charge is 2.06. The van der Waals surface area contributed by atoms with Gasteiger partial charge in [-0.1, -0.05) is 0 Å². The van der Waals surface area contributed by atoms with Crippen LogP contribution in [0.5, 0.6) is 0 Å². The van der Waals surface area contributed by atoms with Crippen LogP contribution >= 0.6 is 10.0 Å². The summed E-state index contributed by atoms with van der Waals surface area (Å²) in [6.07, 6.45) is 7.16. The van der Waals surface area contributed by atoms with Gasteiger partial charge in [-0.25, -0.2) is 14.8 Å². The van der Waals surface area contributed by atoms with Crippen molar-refractivity contribution in [1.82, 2.24) is 5.32 Å². The Kier molecular flexibility index (Phi) is 6.36. The zero-order valence-corrected chi connectivity index (χ0v) is 9.86. The molecular weight excluding hydrogens is 202 g/mol. The Morgan fingerprint density at radius 3 is 2.57 bits per heavy atom. The van der Waals surface area contributed by atoms with Crippen molar-refractivity contribution in [2.24, 2.45) is 0 Å². The number of ether oxygens (including phenoxy) is 1. The molecule has 14 heavy (non-hydrogen) atoms. The Morgan fingerprint density at radius 2 is 2.07 bits per heavy atom. The van der Waals surface area contributed by atoms with Crippen LogP contribution in [0.15, 0.2) is 0 Å². The Bertz CT molecular complexity index is 189. The molecule has 0 aliphatic heterocycles. The molecule has 0 saturated heterocycles. The van der Waals surface area contributed by atoms with E-state index in [1.54, 1.807) is 0 Å². The van der Waals surface area contributed by atoms with Crippen LogP contribution in [0.25, 0.3) is 0 Å². The Labute approximate surface area is 86.7 Å². The van der Waals surface area contributed by atoms with E-state index in [4.69, 9.17) is 4.74 Å². The molecule has 0 aliphatic rings. The third-order valence-electron chi connectivity index (χ3n) is 1.46. The van der Waals surface area contributed by atoms with Crippen molar-refractivity contribution >= 4 is 22.4 Å². The van der Waals surface area contributed by atoms with Crippen molar-refractivity contribution in [2.45, 2.75) is 6.42 Å². The molecule has 0 aliphatic carbocycles. The van der Waals surface area contributed by atoms with E-state index in [-0.39, 0.29) is 0 Å². The summed E-state index contributed by atoms with van der Waals surface area (Å²) in [4.78, 5) is 20.9. The molecule has 1 N–H and O–H groups in total. The van der Waals surface area contributed by atoms with E-state index in [0.717, 1.165) is 12.0 Å². The summed E-state index contributed by atoms with van der Waals surface area (Å²) in [6.45, 7) is 0.802. The lowest BCUT2D eigenvalue weighted by Gasteiger charge is -2.24. The highest BCUT2D eigenvalue weighted by atomic mass is 32.3. The molecule has 0 fully saturated rings. The fraction of sp³-hybridized carbons (Fsp3) is 0.778. The summed E-state index contributed by atoms with van der Waals surface area (Å²) in [5, 5.41) is 2.49. The first-order valence-corrected chi connectivity index (χ1v) is 7.48. The van der Waals surface area contributed by atoms with Gasteiger partial charge in [0.25, 0.3) is 0 Å². The van der Waals surface area contributed by atoms with Gasteiger partial charge in [-0.15, -0.1) is 0 Å². The molecule has 0 heterocycles. The van der Waals surface area contributed by atoms with Crippen LogP contribution in [0.1, 0.15) is 6.42 Å². The van der Waals surface area contributed by atoms with Crippen molar-refractivity contribution < 1.29 is 14.3 Å². The number of carbonyl (C=O) groups is 2. The second kappa shape index (κ2) is 6.70. The molecule has 0 aromatic carbocycles. The van der Waals surface area contributed by atoms with Crippen molar-refractivity contribution in [3.8, 4) is 0 Å². The zero-order valence-electron chi connectivity index (χ0n) is 9.04. The predicted molar refractivity (Wildman–Crippen MR) is 60.3 cm³/mol. The number of nitrogens with one attached hydrogen (secondary N) is 1. The van der Waals surface area contributed by atoms with E-state index in [9.17, 15) is 9.59 Å². The topological polar surface area (TPSA) is 55.4 Å². The van der Waals surface area contributed by atoms with Crippen molar-refractivity contribution in [3.63, 3.8) is 0 Å². The molecule has 0 unspecified atom stereocenters. The monoisotopic (exact) mass is 221 g/mol. The van der Waals surface area contributed by atoms with E-state index in [1.165, 1.54) is 0 Å². The van der Waals surface area contributed by atoms with Crippen LogP contribution in [0.2, 0.25) is 0 Å². The molecule has 5 heteroatoms. The van der Waals surface area contributed by atoms with Crippen molar-refractivity contribution in [2.75, 3.05) is 37.7 Å². The molecule has 0 aromatic heterocycles. The Balaban J connectivity index is 3.40. The maximum absolute atomic E-state index is 11.0. The Morgan fingerprint density at radius 1 is 1.43 bits per heavy atom. The zero-order chi connectivity index (χ0) is 11.0. The second-order valence-electron chi connectivity index (χ2n) is 3.81. The van der Waals surface area contributed by atoms with Gasteiger partial charge in [0.2, 0.25) is 0 Å². The average molecular weight is 221 g/mol. The average Bonchev–Trinajstić information content (AvgIpc) is 2.02. The minimum Gasteiger partial charge on any atom is -0.449 e. The van der Waals surface area contributed by atoms with Crippen LogP contribution in [0.3, 0.4) is 0 Å². The first kappa shape index (κ1) is 13.3. The Hall–Kier alpha value is -0.710. The van der Waals surface area contributed by atoms with E-state index >= 15 is 0 Å². The molecule has 0 bridgehead atoms. The number of hydrogen-bond acceptors (Lipinski definition) is 3. The molecule has 0 atom stereocenters. The van der Waals surface area contributed by atoms with Gasteiger partial charge in [0.15, 0.2) is 0 Å². The minimum absolute atomic E-state index is 0.333. The van der Waals surface area contributed by atoms with E-state index in [2.05, 4.69) is 24.1 Å². The molecule has 0 saturated carbocycles. The molecule has 1 amide bonds. The van der Waals surface area contributed by atoms with Gasteiger partial charge < -0.3 is 14.8 Å². The summed E-state index contributed by atoms with van der Waals surface area (Å²) < 4.78 is 4.92. The quantitative estimate of drug-likeness (QED) is 0.537. The number of aldehydes is 1. The molecule has 0 spiro atoms. The highest BCUT2D eigenvalue weighted by Crippen LogP contribution is 2.33. The van der Waals surface area contributed by atoms with Crippen LogP contribution in [-0.2, 0) is 9.53 Å². The summed E-state index contributed by atoms with van der Waals surface area (Å²) in [6, 6.07) is 0. The van der Waals surface area contributed by atoms with Crippen LogP contribution in [-0.4, -0.2) is 50.1 Å². The predicted octanol–water partition coefficient (Wildman–Crippen LogP) is 0.996. The van der Waals surface area contributed by atoms with Crippen LogP contribution in [0.4, 0.5) is 4.79 Å². The van der Waals surface area contributed by atoms with Crippen molar-refractivity contribution in [1.29, 1.82) is 0 Å². The molecular formula is C9H19NO3S. The van der Waals surface area contributed by atoms with Gasteiger partial charge in [-0.05, 0) is 18.8 Å². The molecule has 0 radical (unpaired) electrons. The summed E-state index contributed by atoms with van der Waals surface area (Å²) in [7, 11) is -0.606. The number of amides is 1. The van der Waals surface area contributed by atoms with E-state index in [0.29, 0.717) is 19.6 Å². The number of rotatable bonds is 6. The third kappa shape index (κ3) is 9.38. The largest absolute Gasteiger partial charge is 0.449 e. The summed E-state index contributed by atoms with van der Waals surface area (Å²) >= 11 is 0. The molecule has 0 rings (SSSR count). The highest BCUT2D eigenvalue weighted by molar-refractivity contribution is 8.32. The van der Waals surface area contributed by atoms with Crippen molar-refractivity contribution in [3.05, 3.63) is 0 Å². The normalized spacial score (nSPS) is 11.9. The standard InChI is InChI=1S/C9H19NO3S/c1-14(2,3)8-7-13-9(12)10-5-4-6-11/h6H,4-5,7-8H2,1-3H3,(H,10,12). The van der Waals surface area contributed by atoms with E-state index < -0.39 is 16.1 Å². The fourth-order valence-corrected chi connectivity index (χ4v) is 1.25.